The molecule has 0 aliphatic rings. The largest absolute Gasteiger partial charge is 0.484 e. The molecule has 0 saturated carbocycles. The van der Waals surface area contributed by atoms with Gasteiger partial charge in [0.1, 0.15) is 5.75 Å². The fraction of sp³-hybridized carbons (Fsp3) is 0.222. The third-order valence-electron chi connectivity index (χ3n) is 3.83. The number of nitrogens with one attached hydrogen (secondary N) is 1. The number of aryl methyl sites for hydroxylation is 3. The van der Waals surface area contributed by atoms with Crippen LogP contribution in [0.2, 0.25) is 0 Å². The summed E-state index contributed by atoms with van der Waals surface area (Å²) in [6.07, 6.45) is 0. The first kappa shape index (κ1) is 16.9. The predicted molar refractivity (Wildman–Crippen MR) is 102 cm³/mol. The molecule has 6 heteroatoms. The van der Waals surface area contributed by atoms with E-state index in [1.807, 2.05) is 38.1 Å². The Morgan fingerprint density at radius 1 is 1.21 bits per heavy atom. The monoisotopic (exact) mass is 404 g/mol. The molecule has 0 atom stereocenters. The maximum Gasteiger partial charge on any atom is 0.264 e. The zero-order valence-corrected chi connectivity index (χ0v) is 16.0. The van der Waals surface area contributed by atoms with Gasteiger partial charge >= 0.3 is 0 Å². The smallest absolute Gasteiger partial charge is 0.264 e. The Hall–Kier alpha value is -1.92. The Bertz CT molecular complexity index is 921. The molecule has 3 rings (SSSR count). The van der Waals surface area contributed by atoms with Gasteiger partial charge in [-0.05, 0) is 61.7 Å². The predicted octanol–water partition coefficient (Wildman–Crippen LogP) is 5.00. The van der Waals surface area contributed by atoms with Crippen molar-refractivity contribution < 1.29 is 9.53 Å². The molecule has 0 fully saturated rings. The van der Waals surface area contributed by atoms with Crippen LogP contribution in [0.25, 0.3) is 10.2 Å². The van der Waals surface area contributed by atoms with Gasteiger partial charge in [-0.3, -0.25) is 10.1 Å². The molecule has 1 amide bonds. The summed E-state index contributed by atoms with van der Waals surface area (Å²) in [4.78, 5) is 16.6. The number of thiazole rings is 1. The van der Waals surface area contributed by atoms with Crippen molar-refractivity contribution in [2.75, 3.05) is 11.9 Å². The van der Waals surface area contributed by atoms with Gasteiger partial charge in [0.25, 0.3) is 5.91 Å². The molecular weight excluding hydrogens is 388 g/mol. The van der Waals surface area contributed by atoms with Crippen LogP contribution in [0, 0.1) is 20.8 Å². The van der Waals surface area contributed by atoms with Gasteiger partial charge in [0.15, 0.2) is 11.7 Å². The number of aromatic nitrogens is 1. The zero-order chi connectivity index (χ0) is 17.3. The highest BCUT2D eigenvalue weighted by Gasteiger charge is 2.11. The zero-order valence-electron chi connectivity index (χ0n) is 13.6. The van der Waals surface area contributed by atoms with E-state index in [0.29, 0.717) is 10.9 Å². The van der Waals surface area contributed by atoms with Crippen LogP contribution in [0.5, 0.6) is 5.75 Å². The number of amides is 1. The number of rotatable bonds is 4. The summed E-state index contributed by atoms with van der Waals surface area (Å²) in [6.45, 7) is 6.03. The van der Waals surface area contributed by atoms with Crippen molar-refractivity contribution in [3.63, 3.8) is 0 Å². The Morgan fingerprint density at radius 3 is 2.75 bits per heavy atom. The molecule has 0 aliphatic carbocycles. The van der Waals surface area contributed by atoms with Gasteiger partial charge in [-0.2, -0.15) is 0 Å². The molecule has 0 unspecified atom stereocenters. The van der Waals surface area contributed by atoms with Crippen molar-refractivity contribution in [3.05, 3.63) is 51.5 Å². The van der Waals surface area contributed by atoms with Crippen LogP contribution in [0.1, 0.15) is 16.7 Å². The highest BCUT2D eigenvalue weighted by molar-refractivity contribution is 9.10. The molecule has 1 aromatic heterocycles. The first-order valence-corrected chi connectivity index (χ1v) is 9.10. The summed E-state index contributed by atoms with van der Waals surface area (Å²) in [5.41, 5.74) is 4.34. The number of hydrogen-bond donors (Lipinski definition) is 1. The third kappa shape index (κ3) is 3.60. The van der Waals surface area contributed by atoms with E-state index in [1.165, 1.54) is 16.9 Å². The average molecular weight is 405 g/mol. The molecule has 0 spiro atoms. The van der Waals surface area contributed by atoms with Crippen LogP contribution in [0.3, 0.4) is 0 Å². The fourth-order valence-corrected chi connectivity index (χ4v) is 3.48. The molecule has 24 heavy (non-hydrogen) atoms. The first-order valence-electron chi connectivity index (χ1n) is 7.49. The first-order chi connectivity index (χ1) is 11.4. The number of halogens is 1. The van der Waals surface area contributed by atoms with Crippen LogP contribution >= 0.6 is 27.3 Å². The summed E-state index contributed by atoms with van der Waals surface area (Å²) in [5, 5.41) is 3.41. The number of carbonyl (C=O) groups excluding carboxylic acids is 1. The fourth-order valence-electron chi connectivity index (χ4n) is 2.29. The average Bonchev–Trinajstić information content (AvgIpc) is 2.95. The normalized spacial score (nSPS) is 10.8. The number of fused-ring (bicyclic) bond motifs is 1. The SMILES string of the molecule is Cc1cc(OCC(=O)Nc2nc3c(C)c(C)ccc3s2)ccc1Br. The van der Waals surface area contributed by atoms with Gasteiger partial charge in [-0.25, -0.2) is 4.98 Å². The Balaban J connectivity index is 1.66. The Morgan fingerprint density at radius 2 is 2.00 bits per heavy atom. The highest BCUT2D eigenvalue weighted by Crippen LogP contribution is 2.29. The number of benzene rings is 2. The van der Waals surface area contributed by atoms with Crippen molar-refractivity contribution in [3.8, 4) is 5.75 Å². The maximum absolute atomic E-state index is 12.1. The summed E-state index contributed by atoms with van der Waals surface area (Å²) < 4.78 is 7.62. The van der Waals surface area contributed by atoms with Gasteiger partial charge < -0.3 is 4.74 Å². The van der Waals surface area contributed by atoms with E-state index in [2.05, 4.69) is 39.2 Å². The molecule has 1 N–H and O–H groups in total. The van der Waals surface area contributed by atoms with E-state index in [0.717, 1.165) is 25.8 Å². The van der Waals surface area contributed by atoms with Gasteiger partial charge in [-0.1, -0.05) is 33.3 Å². The highest BCUT2D eigenvalue weighted by atomic mass is 79.9. The molecule has 0 saturated heterocycles. The molecule has 4 nitrogen and oxygen atoms in total. The quantitative estimate of drug-likeness (QED) is 0.665. The van der Waals surface area contributed by atoms with Crippen LogP contribution in [0.15, 0.2) is 34.8 Å². The van der Waals surface area contributed by atoms with Crippen molar-refractivity contribution in [1.82, 2.24) is 4.98 Å². The third-order valence-corrected chi connectivity index (χ3v) is 5.66. The molecule has 1 heterocycles. The molecule has 0 bridgehead atoms. The van der Waals surface area contributed by atoms with E-state index < -0.39 is 0 Å². The standard InChI is InChI=1S/C18H17BrN2O2S/c1-10-4-7-15-17(12(10)3)21-18(24-15)20-16(22)9-23-13-5-6-14(19)11(2)8-13/h4-8H,9H2,1-3H3,(H,20,21,22). The summed E-state index contributed by atoms with van der Waals surface area (Å²) in [5.74, 6) is 0.450. The maximum atomic E-state index is 12.1. The molecule has 3 aromatic rings. The van der Waals surface area contributed by atoms with Gasteiger partial charge in [-0.15, -0.1) is 0 Å². The summed E-state index contributed by atoms with van der Waals surface area (Å²) in [6, 6.07) is 9.73. The number of anilines is 1. The topological polar surface area (TPSA) is 51.2 Å². The van der Waals surface area contributed by atoms with E-state index in [9.17, 15) is 4.79 Å². The van der Waals surface area contributed by atoms with Crippen LogP contribution in [-0.4, -0.2) is 17.5 Å². The number of hydrogen-bond acceptors (Lipinski definition) is 4. The Labute approximate surface area is 153 Å². The van der Waals surface area contributed by atoms with Gasteiger partial charge in [0, 0.05) is 4.47 Å². The minimum absolute atomic E-state index is 0.0466. The lowest BCUT2D eigenvalue weighted by Gasteiger charge is -2.07. The lowest BCUT2D eigenvalue weighted by atomic mass is 10.1. The van der Waals surface area contributed by atoms with Crippen molar-refractivity contribution in [2.45, 2.75) is 20.8 Å². The summed E-state index contributed by atoms with van der Waals surface area (Å²) >= 11 is 4.91. The second-order valence-electron chi connectivity index (χ2n) is 5.62. The van der Waals surface area contributed by atoms with E-state index in [-0.39, 0.29) is 12.5 Å². The van der Waals surface area contributed by atoms with Crippen LogP contribution < -0.4 is 10.1 Å². The second kappa shape index (κ2) is 6.91. The number of carbonyl (C=O) groups is 1. The molecular formula is C18H17BrN2O2S. The molecule has 124 valence electrons. The molecule has 0 radical (unpaired) electrons. The molecule has 0 aliphatic heterocycles. The van der Waals surface area contributed by atoms with E-state index >= 15 is 0 Å². The van der Waals surface area contributed by atoms with Crippen molar-refractivity contribution in [1.29, 1.82) is 0 Å². The lowest BCUT2D eigenvalue weighted by Crippen LogP contribution is -2.20. The molecule has 2 aromatic carbocycles. The van der Waals surface area contributed by atoms with Crippen LogP contribution in [0.4, 0.5) is 5.13 Å². The minimum atomic E-state index is -0.219. The van der Waals surface area contributed by atoms with Gasteiger partial charge in [0.2, 0.25) is 0 Å². The van der Waals surface area contributed by atoms with Crippen molar-refractivity contribution in [2.24, 2.45) is 0 Å². The minimum Gasteiger partial charge on any atom is -0.484 e. The number of ether oxygens (including phenoxy) is 1. The van der Waals surface area contributed by atoms with Crippen molar-refractivity contribution >= 4 is 48.5 Å². The van der Waals surface area contributed by atoms with Gasteiger partial charge in [0.05, 0.1) is 10.2 Å². The second-order valence-corrected chi connectivity index (χ2v) is 7.51. The van der Waals surface area contributed by atoms with E-state index in [1.54, 1.807) is 0 Å². The lowest BCUT2D eigenvalue weighted by molar-refractivity contribution is -0.118. The summed E-state index contributed by atoms with van der Waals surface area (Å²) in [7, 11) is 0. The number of nitrogens with zero attached hydrogens (tertiary/aromatic N) is 1. The Kier molecular flexibility index (Phi) is 4.87. The van der Waals surface area contributed by atoms with E-state index in [4.69, 9.17) is 4.74 Å². The van der Waals surface area contributed by atoms with Crippen LogP contribution in [-0.2, 0) is 4.79 Å².